The number of benzene rings is 2. The van der Waals surface area contributed by atoms with Gasteiger partial charge >= 0.3 is 12.1 Å². The molecule has 1 aliphatic heterocycles. The van der Waals surface area contributed by atoms with Gasteiger partial charge in [-0.15, -0.1) is 0 Å². The van der Waals surface area contributed by atoms with Crippen LogP contribution in [0.15, 0.2) is 59.0 Å². The molecule has 0 spiro atoms. The molecular weight excluding hydrogens is 578 g/mol. The van der Waals surface area contributed by atoms with E-state index in [1.54, 1.807) is 7.05 Å². The first-order chi connectivity index (χ1) is 21.5. The molecular formula is C34H45N3O8. The van der Waals surface area contributed by atoms with Gasteiger partial charge in [0.15, 0.2) is 5.89 Å². The van der Waals surface area contributed by atoms with Crippen LogP contribution >= 0.6 is 0 Å². The Balaban J connectivity index is 0.000000430. The third kappa shape index (κ3) is 10.6. The number of carbonyl (C=O) groups excluding carboxylic acids is 2. The van der Waals surface area contributed by atoms with Crippen molar-refractivity contribution in [2.75, 3.05) is 20.8 Å². The Morgan fingerprint density at radius 2 is 1.76 bits per heavy atom. The number of aryl methyl sites for hydroxylation is 2. The van der Waals surface area contributed by atoms with E-state index in [-0.39, 0.29) is 18.6 Å². The lowest BCUT2D eigenvalue weighted by molar-refractivity contribution is -0.168. The van der Waals surface area contributed by atoms with Gasteiger partial charge in [0.1, 0.15) is 24.2 Å². The number of hydroxylamine groups is 2. The number of hydrogen-bond acceptors (Lipinski definition) is 8. The van der Waals surface area contributed by atoms with Crippen molar-refractivity contribution in [1.29, 1.82) is 0 Å². The summed E-state index contributed by atoms with van der Waals surface area (Å²) < 4.78 is 16.7. The maximum Gasteiger partial charge on any atom is 0.411 e. The average molecular weight is 624 g/mol. The number of carboxylic acid groups (broad SMARTS) is 1. The Morgan fingerprint density at radius 3 is 2.33 bits per heavy atom. The highest BCUT2D eigenvalue weighted by atomic mass is 16.7. The summed E-state index contributed by atoms with van der Waals surface area (Å²) in [4.78, 5) is 46.2. The molecule has 1 fully saturated rings. The Kier molecular flexibility index (Phi) is 13.4. The highest BCUT2D eigenvalue weighted by Crippen LogP contribution is 2.37. The molecule has 11 heteroatoms. The standard InChI is InChI=1S/C26H28N2O6.C8H17NO2/c1-17-22(27-18(2)34-17)14-15-32-21-10-8-20(9-11-21)23-12-13-24(25(29)30)28(23)26(31)33-16-19-6-4-3-5-7-19;1-7(2)5-6-8(10)9(3)11-4/h3-11,23-24H,12-16H2,1-2H3,(H,29,30);7H,5-6H2,1-4H3/t23-,24-;/m1./s1. The summed E-state index contributed by atoms with van der Waals surface area (Å²) in [5.41, 5.74) is 2.57. The van der Waals surface area contributed by atoms with Gasteiger partial charge in [-0.05, 0) is 55.4 Å². The quantitative estimate of drug-likeness (QED) is 0.232. The van der Waals surface area contributed by atoms with E-state index < -0.39 is 18.1 Å². The summed E-state index contributed by atoms with van der Waals surface area (Å²) in [6, 6.07) is 15.4. The SMILES string of the molecule is CON(C)C(=O)CCC(C)C.Cc1nc(CCOc2ccc([C@H]3CC[C@H](C(=O)O)N3C(=O)OCc3ccccc3)cc2)c(C)o1. The van der Waals surface area contributed by atoms with Crippen LogP contribution < -0.4 is 4.74 Å². The van der Waals surface area contributed by atoms with E-state index >= 15 is 0 Å². The number of carbonyl (C=O) groups is 3. The number of ether oxygens (including phenoxy) is 2. The van der Waals surface area contributed by atoms with E-state index in [0.717, 1.165) is 29.0 Å². The summed E-state index contributed by atoms with van der Waals surface area (Å²) in [5, 5.41) is 10.9. The van der Waals surface area contributed by atoms with Crippen LogP contribution in [0.5, 0.6) is 5.75 Å². The van der Waals surface area contributed by atoms with Gasteiger partial charge in [-0.2, -0.15) is 0 Å². The van der Waals surface area contributed by atoms with Gasteiger partial charge in [-0.3, -0.25) is 14.5 Å². The molecule has 2 atom stereocenters. The fourth-order valence-electron chi connectivity index (χ4n) is 4.96. The van der Waals surface area contributed by atoms with Crippen LogP contribution in [0.25, 0.3) is 0 Å². The molecule has 244 valence electrons. The van der Waals surface area contributed by atoms with E-state index in [9.17, 15) is 19.5 Å². The van der Waals surface area contributed by atoms with Crippen LogP contribution in [0.2, 0.25) is 0 Å². The van der Waals surface area contributed by atoms with E-state index in [4.69, 9.17) is 18.7 Å². The summed E-state index contributed by atoms with van der Waals surface area (Å²) in [6.45, 7) is 8.43. The van der Waals surface area contributed by atoms with Gasteiger partial charge in [0.2, 0.25) is 5.91 Å². The summed E-state index contributed by atoms with van der Waals surface area (Å²) in [5.74, 6) is 1.71. The van der Waals surface area contributed by atoms with Crippen LogP contribution in [-0.2, 0) is 32.2 Å². The van der Waals surface area contributed by atoms with E-state index in [2.05, 4.69) is 18.8 Å². The van der Waals surface area contributed by atoms with Crippen LogP contribution in [0, 0.1) is 19.8 Å². The zero-order valence-electron chi connectivity index (χ0n) is 27.0. The molecule has 2 amide bonds. The van der Waals surface area contributed by atoms with Gasteiger partial charge in [0.25, 0.3) is 0 Å². The largest absolute Gasteiger partial charge is 0.493 e. The number of aliphatic carboxylic acids is 1. The first-order valence-electron chi connectivity index (χ1n) is 15.2. The zero-order chi connectivity index (χ0) is 32.9. The molecule has 1 saturated heterocycles. The van der Waals surface area contributed by atoms with Crippen LogP contribution in [-0.4, -0.2) is 64.8 Å². The average Bonchev–Trinajstić information content (AvgIpc) is 3.62. The van der Waals surface area contributed by atoms with E-state index in [0.29, 0.717) is 49.8 Å². The summed E-state index contributed by atoms with van der Waals surface area (Å²) in [7, 11) is 3.12. The monoisotopic (exact) mass is 623 g/mol. The van der Waals surface area contributed by atoms with Crippen molar-refractivity contribution in [1.82, 2.24) is 14.9 Å². The van der Waals surface area contributed by atoms with Crippen molar-refractivity contribution in [2.45, 2.75) is 78.5 Å². The second-order valence-electron chi connectivity index (χ2n) is 11.3. The Morgan fingerprint density at radius 1 is 1.07 bits per heavy atom. The molecule has 0 saturated carbocycles. The van der Waals surface area contributed by atoms with Crippen LogP contribution in [0.4, 0.5) is 4.79 Å². The predicted molar refractivity (Wildman–Crippen MR) is 167 cm³/mol. The van der Waals surface area contributed by atoms with E-state index in [1.807, 2.05) is 68.4 Å². The molecule has 0 radical (unpaired) electrons. The third-order valence-electron chi connectivity index (χ3n) is 7.52. The number of oxazole rings is 1. The summed E-state index contributed by atoms with van der Waals surface area (Å²) >= 11 is 0. The number of nitrogens with zero attached hydrogens (tertiary/aromatic N) is 3. The number of likely N-dealkylation sites (tertiary alicyclic amines) is 1. The fraction of sp³-hybridized carbons (Fsp3) is 0.471. The minimum atomic E-state index is -1.03. The lowest BCUT2D eigenvalue weighted by Gasteiger charge is -2.28. The Bertz CT molecular complexity index is 1370. The van der Waals surface area contributed by atoms with Gasteiger partial charge < -0.3 is 19.0 Å². The highest BCUT2D eigenvalue weighted by Gasteiger charge is 2.42. The highest BCUT2D eigenvalue weighted by molar-refractivity contribution is 5.81. The number of carboxylic acids is 1. The smallest absolute Gasteiger partial charge is 0.411 e. The molecule has 45 heavy (non-hydrogen) atoms. The minimum Gasteiger partial charge on any atom is -0.493 e. The Labute approximate surface area is 265 Å². The van der Waals surface area contributed by atoms with Gasteiger partial charge in [-0.25, -0.2) is 19.6 Å². The number of rotatable bonds is 12. The van der Waals surface area contributed by atoms with Crippen molar-refractivity contribution in [3.05, 3.63) is 83.1 Å². The molecule has 2 aromatic carbocycles. The maximum atomic E-state index is 12.9. The molecule has 0 aliphatic carbocycles. The van der Waals surface area contributed by atoms with Crippen LogP contribution in [0.3, 0.4) is 0 Å². The molecule has 3 aromatic rings. The molecule has 1 N–H and O–H groups in total. The molecule has 0 unspecified atom stereocenters. The van der Waals surface area contributed by atoms with Crippen LogP contribution in [0.1, 0.15) is 74.0 Å². The first kappa shape index (κ1) is 35.1. The van der Waals surface area contributed by atoms with Crippen molar-refractivity contribution < 1.29 is 38.2 Å². The number of hydrogen-bond donors (Lipinski definition) is 1. The molecule has 1 aliphatic rings. The van der Waals surface area contributed by atoms with Crippen molar-refractivity contribution in [3.8, 4) is 5.75 Å². The second-order valence-corrected chi connectivity index (χ2v) is 11.3. The summed E-state index contributed by atoms with van der Waals surface area (Å²) in [6.07, 6.45) is 2.42. The minimum absolute atomic E-state index is 0.0428. The van der Waals surface area contributed by atoms with Crippen molar-refractivity contribution in [3.63, 3.8) is 0 Å². The van der Waals surface area contributed by atoms with Crippen molar-refractivity contribution >= 4 is 18.0 Å². The lowest BCUT2D eigenvalue weighted by Crippen LogP contribution is -2.42. The molecule has 1 aromatic heterocycles. The number of aromatic nitrogens is 1. The molecule has 4 rings (SSSR count). The van der Waals surface area contributed by atoms with Gasteiger partial charge in [-0.1, -0.05) is 56.3 Å². The molecule has 0 bridgehead atoms. The van der Waals surface area contributed by atoms with Crippen molar-refractivity contribution in [2.24, 2.45) is 5.92 Å². The topological polar surface area (TPSA) is 132 Å². The zero-order valence-corrected chi connectivity index (χ0v) is 27.0. The maximum absolute atomic E-state index is 12.9. The fourth-order valence-corrected chi connectivity index (χ4v) is 4.96. The van der Waals surface area contributed by atoms with Gasteiger partial charge in [0.05, 0.1) is 25.5 Å². The van der Waals surface area contributed by atoms with Gasteiger partial charge in [0, 0.05) is 26.8 Å². The third-order valence-corrected chi connectivity index (χ3v) is 7.52. The molecule has 11 nitrogen and oxygen atoms in total. The number of amides is 2. The Hall–Kier alpha value is -4.38. The van der Waals surface area contributed by atoms with E-state index in [1.165, 1.54) is 17.1 Å². The molecule has 2 heterocycles. The normalized spacial score (nSPS) is 15.8. The second kappa shape index (κ2) is 17.2. The predicted octanol–water partition coefficient (Wildman–Crippen LogP) is 6.28. The lowest BCUT2D eigenvalue weighted by atomic mass is 10.0. The first-order valence-corrected chi connectivity index (χ1v) is 15.2.